The van der Waals surface area contributed by atoms with Gasteiger partial charge in [-0.05, 0) is 12.1 Å². The molecule has 5 nitrogen and oxygen atoms in total. The summed E-state index contributed by atoms with van der Waals surface area (Å²) in [4.78, 5) is 25.0. The topological polar surface area (TPSA) is 90.4 Å². The molecule has 0 aliphatic rings. The van der Waals surface area contributed by atoms with E-state index in [9.17, 15) is 14.7 Å². The van der Waals surface area contributed by atoms with E-state index >= 15 is 0 Å². The predicted octanol–water partition coefficient (Wildman–Crippen LogP) is 0.932. The Labute approximate surface area is 83.6 Å². The number of benzene rings is 1. The summed E-state index contributed by atoms with van der Waals surface area (Å²) in [5, 5.41) is 18.0. The lowest BCUT2D eigenvalue weighted by Gasteiger charge is -2.01. The second kappa shape index (κ2) is 3.13. The largest absolute Gasteiger partial charge is 0.503 e. The standard InChI is InChI=1S/C10H7NO4/c12-7-4-11-6-3-1-2-5(10(14)15)8(6)9(7)13/h1-4,12H,(H,11,13)(H,14,15). The molecule has 2 aromatic rings. The van der Waals surface area contributed by atoms with Gasteiger partial charge in [-0.25, -0.2) is 4.79 Å². The number of hydrogen-bond acceptors (Lipinski definition) is 3. The van der Waals surface area contributed by atoms with E-state index in [-0.39, 0.29) is 10.9 Å². The zero-order chi connectivity index (χ0) is 11.0. The summed E-state index contributed by atoms with van der Waals surface area (Å²) in [6.45, 7) is 0. The molecule has 0 amide bonds. The lowest BCUT2D eigenvalue weighted by Crippen LogP contribution is -2.08. The number of aromatic nitrogens is 1. The van der Waals surface area contributed by atoms with Crippen molar-refractivity contribution < 1.29 is 15.0 Å². The zero-order valence-corrected chi connectivity index (χ0v) is 7.52. The van der Waals surface area contributed by atoms with Gasteiger partial charge >= 0.3 is 5.97 Å². The van der Waals surface area contributed by atoms with Crippen LogP contribution in [0.15, 0.2) is 29.2 Å². The zero-order valence-electron chi connectivity index (χ0n) is 7.52. The predicted molar refractivity (Wildman–Crippen MR) is 53.2 cm³/mol. The highest BCUT2D eigenvalue weighted by atomic mass is 16.4. The number of carbonyl (C=O) groups is 1. The third-order valence-corrected chi connectivity index (χ3v) is 2.12. The number of carboxylic acids is 1. The van der Waals surface area contributed by atoms with E-state index < -0.39 is 17.1 Å². The van der Waals surface area contributed by atoms with E-state index in [1.165, 1.54) is 12.1 Å². The van der Waals surface area contributed by atoms with E-state index in [4.69, 9.17) is 5.11 Å². The van der Waals surface area contributed by atoms with Gasteiger partial charge in [0.2, 0.25) is 5.43 Å². The summed E-state index contributed by atoms with van der Waals surface area (Å²) in [6.07, 6.45) is 1.14. The summed E-state index contributed by atoms with van der Waals surface area (Å²) in [7, 11) is 0. The van der Waals surface area contributed by atoms with E-state index in [1.807, 2.05) is 0 Å². The van der Waals surface area contributed by atoms with E-state index in [2.05, 4.69) is 4.98 Å². The molecule has 0 fully saturated rings. The lowest BCUT2D eigenvalue weighted by molar-refractivity contribution is 0.0699. The average Bonchev–Trinajstić information content (AvgIpc) is 2.23. The molecule has 1 aromatic carbocycles. The molecule has 0 aliphatic carbocycles. The minimum atomic E-state index is -1.20. The summed E-state index contributed by atoms with van der Waals surface area (Å²) in [5.74, 6) is -1.69. The van der Waals surface area contributed by atoms with Crippen LogP contribution in [0, 0.1) is 0 Å². The van der Waals surface area contributed by atoms with Gasteiger partial charge in [0, 0.05) is 6.20 Å². The van der Waals surface area contributed by atoms with Crippen LogP contribution in [0.5, 0.6) is 5.75 Å². The molecule has 0 unspecified atom stereocenters. The van der Waals surface area contributed by atoms with Crippen LogP contribution >= 0.6 is 0 Å². The number of H-pyrrole nitrogens is 1. The second-order valence-electron chi connectivity index (χ2n) is 3.04. The SMILES string of the molecule is O=C(O)c1cccc2[nH]cc(O)c(=O)c12. The minimum absolute atomic E-state index is 0.00926. The van der Waals surface area contributed by atoms with Crippen LogP contribution in [0.2, 0.25) is 0 Å². The van der Waals surface area contributed by atoms with Crippen LogP contribution < -0.4 is 5.43 Å². The molecule has 0 bridgehead atoms. The Morgan fingerprint density at radius 1 is 1.33 bits per heavy atom. The molecule has 0 radical (unpaired) electrons. The summed E-state index contributed by atoms with van der Waals surface area (Å²) < 4.78 is 0. The molecule has 1 aromatic heterocycles. The molecule has 15 heavy (non-hydrogen) atoms. The molecule has 0 saturated carbocycles. The number of aromatic amines is 1. The Morgan fingerprint density at radius 2 is 2.07 bits per heavy atom. The summed E-state index contributed by atoms with van der Waals surface area (Å²) >= 11 is 0. The molecule has 0 atom stereocenters. The fourth-order valence-electron chi connectivity index (χ4n) is 1.44. The normalized spacial score (nSPS) is 10.4. The highest BCUT2D eigenvalue weighted by Gasteiger charge is 2.12. The van der Waals surface area contributed by atoms with Crippen molar-refractivity contribution in [3.05, 3.63) is 40.2 Å². The van der Waals surface area contributed by atoms with Crippen molar-refractivity contribution in [3.63, 3.8) is 0 Å². The Hall–Kier alpha value is -2.30. The van der Waals surface area contributed by atoms with Crippen molar-refractivity contribution in [1.82, 2.24) is 4.98 Å². The summed E-state index contributed by atoms with van der Waals surface area (Å²) in [6, 6.07) is 4.42. The monoisotopic (exact) mass is 205 g/mol. The number of rotatable bonds is 1. The number of fused-ring (bicyclic) bond motifs is 1. The van der Waals surface area contributed by atoms with Crippen molar-refractivity contribution in [1.29, 1.82) is 0 Å². The average molecular weight is 205 g/mol. The maximum absolute atomic E-state index is 11.5. The van der Waals surface area contributed by atoms with Gasteiger partial charge in [0.15, 0.2) is 5.75 Å². The maximum atomic E-state index is 11.5. The van der Waals surface area contributed by atoms with Crippen LogP contribution in [0.25, 0.3) is 10.9 Å². The molecule has 0 spiro atoms. The maximum Gasteiger partial charge on any atom is 0.336 e. The molecular weight excluding hydrogens is 198 g/mol. The molecule has 3 N–H and O–H groups in total. The number of nitrogens with one attached hydrogen (secondary N) is 1. The van der Waals surface area contributed by atoms with Crippen LogP contribution in [0.4, 0.5) is 0 Å². The number of hydrogen-bond donors (Lipinski definition) is 3. The quantitative estimate of drug-likeness (QED) is 0.646. The number of aromatic hydroxyl groups is 1. The fourth-order valence-corrected chi connectivity index (χ4v) is 1.44. The van der Waals surface area contributed by atoms with Gasteiger partial charge in [-0.3, -0.25) is 4.79 Å². The smallest absolute Gasteiger partial charge is 0.336 e. The van der Waals surface area contributed by atoms with Crippen LogP contribution in [-0.2, 0) is 0 Å². The van der Waals surface area contributed by atoms with Crippen molar-refractivity contribution in [2.24, 2.45) is 0 Å². The fraction of sp³-hybridized carbons (Fsp3) is 0. The van der Waals surface area contributed by atoms with Gasteiger partial charge < -0.3 is 15.2 Å². The third-order valence-electron chi connectivity index (χ3n) is 2.12. The minimum Gasteiger partial charge on any atom is -0.503 e. The highest BCUT2D eigenvalue weighted by molar-refractivity contribution is 6.02. The molecule has 0 saturated heterocycles. The van der Waals surface area contributed by atoms with Crippen molar-refractivity contribution in [2.75, 3.05) is 0 Å². The van der Waals surface area contributed by atoms with Gasteiger partial charge in [0.05, 0.1) is 16.5 Å². The van der Waals surface area contributed by atoms with Gasteiger partial charge in [0.25, 0.3) is 0 Å². The summed E-state index contributed by atoms with van der Waals surface area (Å²) in [5.41, 5.74) is -0.413. The first-order valence-electron chi connectivity index (χ1n) is 4.18. The van der Waals surface area contributed by atoms with Gasteiger partial charge in [0.1, 0.15) is 0 Å². The number of pyridine rings is 1. The molecule has 0 aliphatic heterocycles. The second-order valence-corrected chi connectivity index (χ2v) is 3.04. The molecule has 1 heterocycles. The molecule has 2 rings (SSSR count). The molecule has 76 valence electrons. The Bertz CT molecular complexity index is 600. The Kier molecular flexibility index (Phi) is 1.93. The molecular formula is C10H7NO4. The first-order chi connectivity index (χ1) is 7.11. The lowest BCUT2D eigenvalue weighted by atomic mass is 10.1. The first kappa shape index (κ1) is 9.26. The van der Waals surface area contributed by atoms with Crippen LogP contribution in [0.3, 0.4) is 0 Å². The van der Waals surface area contributed by atoms with Crippen molar-refractivity contribution >= 4 is 16.9 Å². The van der Waals surface area contributed by atoms with Gasteiger partial charge in [-0.1, -0.05) is 6.07 Å². The Balaban J connectivity index is 3.01. The van der Waals surface area contributed by atoms with E-state index in [0.29, 0.717) is 5.52 Å². The van der Waals surface area contributed by atoms with Crippen molar-refractivity contribution in [3.8, 4) is 5.75 Å². The number of aromatic carboxylic acids is 1. The van der Waals surface area contributed by atoms with Crippen LogP contribution in [0.1, 0.15) is 10.4 Å². The number of carboxylic acid groups (broad SMARTS) is 1. The third kappa shape index (κ3) is 1.34. The highest BCUT2D eigenvalue weighted by Crippen LogP contribution is 2.15. The van der Waals surface area contributed by atoms with E-state index in [1.54, 1.807) is 6.07 Å². The van der Waals surface area contributed by atoms with Crippen LogP contribution in [-0.4, -0.2) is 21.2 Å². The first-order valence-corrected chi connectivity index (χ1v) is 4.18. The molecule has 5 heteroatoms. The Morgan fingerprint density at radius 3 is 2.73 bits per heavy atom. The van der Waals surface area contributed by atoms with Crippen molar-refractivity contribution in [2.45, 2.75) is 0 Å². The van der Waals surface area contributed by atoms with Gasteiger partial charge in [-0.15, -0.1) is 0 Å². The van der Waals surface area contributed by atoms with Gasteiger partial charge in [-0.2, -0.15) is 0 Å². The van der Waals surface area contributed by atoms with E-state index in [0.717, 1.165) is 6.20 Å².